The largest absolute Gasteiger partial charge is 0.396 e. The summed E-state index contributed by atoms with van der Waals surface area (Å²) < 4.78 is 5.57. The Hall–Kier alpha value is -0.160. The molecule has 1 aliphatic carbocycles. The van der Waals surface area contributed by atoms with Crippen molar-refractivity contribution in [2.75, 3.05) is 46.0 Å². The lowest BCUT2D eigenvalue weighted by molar-refractivity contribution is -0.00194. The standard InChI is InChI=1S/C15H28N2O2/c18-10-13-3-6-17(9-13)12-15(4-7-19-8-5-15)11-16-14-1-2-14/h13-14,16,18H,1-12H2. The van der Waals surface area contributed by atoms with E-state index in [0.717, 1.165) is 38.9 Å². The molecule has 110 valence electrons. The Labute approximate surface area is 116 Å². The van der Waals surface area contributed by atoms with E-state index in [1.807, 2.05) is 0 Å². The molecule has 3 aliphatic rings. The highest BCUT2D eigenvalue weighted by atomic mass is 16.5. The Kier molecular flexibility index (Phi) is 4.42. The van der Waals surface area contributed by atoms with Gasteiger partial charge in [0.05, 0.1) is 0 Å². The van der Waals surface area contributed by atoms with Crippen LogP contribution in [0.25, 0.3) is 0 Å². The Morgan fingerprint density at radius 2 is 2.00 bits per heavy atom. The first-order valence-electron chi connectivity index (χ1n) is 7.94. The molecule has 3 rings (SSSR count). The average molecular weight is 268 g/mol. The molecule has 4 heteroatoms. The number of ether oxygens (including phenoxy) is 1. The van der Waals surface area contributed by atoms with Crippen molar-refractivity contribution in [2.24, 2.45) is 11.3 Å². The summed E-state index contributed by atoms with van der Waals surface area (Å²) in [6, 6.07) is 0.795. The SMILES string of the molecule is OCC1CCN(CC2(CNC3CC3)CCOCC2)C1. The molecule has 4 nitrogen and oxygen atoms in total. The van der Waals surface area contributed by atoms with Crippen molar-refractivity contribution >= 4 is 0 Å². The van der Waals surface area contributed by atoms with E-state index in [1.165, 1.54) is 38.6 Å². The predicted octanol–water partition coefficient (Wildman–Crippen LogP) is 0.849. The zero-order chi connectivity index (χ0) is 13.1. The number of nitrogens with one attached hydrogen (secondary N) is 1. The smallest absolute Gasteiger partial charge is 0.0472 e. The number of likely N-dealkylation sites (tertiary alicyclic amines) is 1. The molecule has 0 aromatic carbocycles. The van der Waals surface area contributed by atoms with Gasteiger partial charge in [-0.15, -0.1) is 0 Å². The zero-order valence-electron chi connectivity index (χ0n) is 11.9. The average Bonchev–Trinajstić information content (AvgIpc) is 3.17. The first-order valence-corrected chi connectivity index (χ1v) is 7.94. The van der Waals surface area contributed by atoms with Gasteiger partial charge in [0.2, 0.25) is 0 Å². The first-order chi connectivity index (χ1) is 9.30. The quantitative estimate of drug-likeness (QED) is 0.750. The summed E-state index contributed by atoms with van der Waals surface area (Å²) in [5, 5.41) is 13.0. The molecule has 0 spiro atoms. The van der Waals surface area contributed by atoms with Gasteiger partial charge in [-0.25, -0.2) is 0 Å². The molecule has 0 aromatic heterocycles. The molecule has 19 heavy (non-hydrogen) atoms. The molecule has 1 saturated carbocycles. The van der Waals surface area contributed by atoms with E-state index in [9.17, 15) is 5.11 Å². The predicted molar refractivity (Wildman–Crippen MR) is 75.1 cm³/mol. The summed E-state index contributed by atoms with van der Waals surface area (Å²) in [6.07, 6.45) is 6.27. The van der Waals surface area contributed by atoms with Crippen molar-refractivity contribution in [1.29, 1.82) is 0 Å². The van der Waals surface area contributed by atoms with Crippen LogP contribution in [0.4, 0.5) is 0 Å². The van der Waals surface area contributed by atoms with Crippen LogP contribution >= 0.6 is 0 Å². The molecule has 0 amide bonds. The summed E-state index contributed by atoms with van der Waals surface area (Å²) in [7, 11) is 0. The molecule has 0 bridgehead atoms. The van der Waals surface area contributed by atoms with Crippen LogP contribution in [0.1, 0.15) is 32.1 Å². The molecule has 2 aliphatic heterocycles. The summed E-state index contributed by atoms with van der Waals surface area (Å²) in [5.41, 5.74) is 0.408. The maximum Gasteiger partial charge on any atom is 0.0472 e. The molecule has 0 aromatic rings. The first kappa shape index (κ1) is 13.8. The number of hydrogen-bond acceptors (Lipinski definition) is 4. The highest BCUT2D eigenvalue weighted by molar-refractivity contribution is 4.92. The highest BCUT2D eigenvalue weighted by Gasteiger charge is 2.37. The Bertz CT molecular complexity index is 288. The molecular formula is C15H28N2O2. The summed E-state index contributed by atoms with van der Waals surface area (Å²) >= 11 is 0. The maximum atomic E-state index is 9.28. The Morgan fingerprint density at radius 3 is 2.63 bits per heavy atom. The van der Waals surface area contributed by atoms with Crippen LogP contribution < -0.4 is 5.32 Å². The Morgan fingerprint density at radius 1 is 1.21 bits per heavy atom. The maximum absolute atomic E-state index is 9.28. The lowest BCUT2D eigenvalue weighted by atomic mass is 9.79. The molecule has 3 fully saturated rings. The van der Waals surface area contributed by atoms with Crippen molar-refractivity contribution in [1.82, 2.24) is 10.2 Å². The number of rotatable bonds is 6. The molecule has 2 heterocycles. The van der Waals surface area contributed by atoms with Crippen LogP contribution in [0.15, 0.2) is 0 Å². The number of aliphatic hydroxyl groups is 1. The van der Waals surface area contributed by atoms with Crippen molar-refractivity contribution in [3.05, 3.63) is 0 Å². The number of aliphatic hydroxyl groups excluding tert-OH is 1. The lowest BCUT2D eigenvalue weighted by Crippen LogP contribution is -2.47. The zero-order valence-corrected chi connectivity index (χ0v) is 11.9. The molecule has 0 radical (unpaired) electrons. The number of hydrogen-bond donors (Lipinski definition) is 2. The van der Waals surface area contributed by atoms with Gasteiger partial charge in [-0.1, -0.05) is 0 Å². The van der Waals surface area contributed by atoms with Crippen LogP contribution in [0.2, 0.25) is 0 Å². The fraction of sp³-hybridized carbons (Fsp3) is 1.00. The van der Waals surface area contributed by atoms with Crippen LogP contribution in [-0.2, 0) is 4.74 Å². The normalized spacial score (nSPS) is 31.7. The molecule has 2 N–H and O–H groups in total. The van der Waals surface area contributed by atoms with Crippen molar-refractivity contribution in [2.45, 2.75) is 38.1 Å². The van der Waals surface area contributed by atoms with Gasteiger partial charge < -0.3 is 20.1 Å². The van der Waals surface area contributed by atoms with E-state index in [-0.39, 0.29) is 0 Å². The second-order valence-electron chi connectivity index (χ2n) is 6.84. The second-order valence-corrected chi connectivity index (χ2v) is 6.84. The van der Waals surface area contributed by atoms with E-state index in [4.69, 9.17) is 4.74 Å². The van der Waals surface area contributed by atoms with Crippen molar-refractivity contribution in [3.8, 4) is 0 Å². The van der Waals surface area contributed by atoms with E-state index in [0.29, 0.717) is 17.9 Å². The third-order valence-corrected chi connectivity index (χ3v) is 5.08. The van der Waals surface area contributed by atoms with E-state index >= 15 is 0 Å². The van der Waals surface area contributed by atoms with E-state index in [1.54, 1.807) is 0 Å². The molecular weight excluding hydrogens is 240 g/mol. The molecule has 1 atom stereocenters. The van der Waals surface area contributed by atoms with Gasteiger partial charge in [0.15, 0.2) is 0 Å². The summed E-state index contributed by atoms with van der Waals surface area (Å²) in [4.78, 5) is 2.57. The van der Waals surface area contributed by atoms with Gasteiger partial charge >= 0.3 is 0 Å². The highest BCUT2D eigenvalue weighted by Crippen LogP contribution is 2.34. The third-order valence-electron chi connectivity index (χ3n) is 5.08. The van der Waals surface area contributed by atoms with Crippen LogP contribution in [0, 0.1) is 11.3 Å². The van der Waals surface area contributed by atoms with Crippen molar-refractivity contribution in [3.63, 3.8) is 0 Å². The van der Waals surface area contributed by atoms with Gasteiger partial charge in [-0.05, 0) is 50.0 Å². The van der Waals surface area contributed by atoms with Crippen molar-refractivity contribution < 1.29 is 9.84 Å². The minimum Gasteiger partial charge on any atom is -0.396 e. The molecule has 2 saturated heterocycles. The van der Waals surface area contributed by atoms with Crippen LogP contribution in [0.3, 0.4) is 0 Å². The minimum atomic E-state index is 0.354. The Balaban J connectivity index is 1.54. The summed E-state index contributed by atoms with van der Waals surface area (Å²) in [6.45, 7) is 6.79. The second kappa shape index (κ2) is 6.08. The topological polar surface area (TPSA) is 44.7 Å². The van der Waals surface area contributed by atoms with Gasteiger partial charge in [-0.2, -0.15) is 0 Å². The monoisotopic (exact) mass is 268 g/mol. The van der Waals surface area contributed by atoms with E-state index < -0.39 is 0 Å². The van der Waals surface area contributed by atoms with E-state index in [2.05, 4.69) is 10.2 Å². The van der Waals surface area contributed by atoms with Gasteiger partial charge in [0.25, 0.3) is 0 Å². The minimum absolute atomic E-state index is 0.354. The fourth-order valence-electron chi connectivity index (χ4n) is 3.52. The molecule has 1 unspecified atom stereocenters. The summed E-state index contributed by atoms with van der Waals surface area (Å²) in [5.74, 6) is 0.508. The van der Waals surface area contributed by atoms with Gasteiger partial charge in [0.1, 0.15) is 0 Å². The fourth-order valence-corrected chi connectivity index (χ4v) is 3.52. The van der Waals surface area contributed by atoms with Gasteiger partial charge in [-0.3, -0.25) is 0 Å². The van der Waals surface area contributed by atoms with Gasteiger partial charge in [0, 0.05) is 45.5 Å². The third kappa shape index (κ3) is 3.69. The number of nitrogens with zero attached hydrogens (tertiary/aromatic N) is 1. The van der Waals surface area contributed by atoms with Crippen LogP contribution in [0.5, 0.6) is 0 Å². The van der Waals surface area contributed by atoms with Crippen LogP contribution in [-0.4, -0.2) is 62.0 Å². The lowest BCUT2D eigenvalue weighted by Gasteiger charge is -2.40.